The van der Waals surface area contributed by atoms with Gasteiger partial charge in [0.25, 0.3) is 11.8 Å². The zero-order chi connectivity index (χ0) is 21.9. The van der Waals surface area contributed by atoms with Gasteiger partial charge in [-0.3, -0.25) is 19.3 Å². The lowest BCUT2D eigenvalue weighted by Crippen LogP contribution is -2.40. The van der Waals surface area contributed by atoms with Gasteiger partial charge in [0, 0.05) is 19.1 Å². The number of ether oxygens (including phenoxy) is 2. The summed E-state index contributed by atoms with van der Waals surface area (Å²) >= 11 is 0. The minimum absolute atomic E-state index is 0.0840. The number of carbonyl (C=O) groups excluding carboxylic acids is 4. The molecule has 0 aromatic heterocycles. The van der Waals surface area contributed by atoms with Gasteiger partial charge in [-0.2, -0.15) is 0 Å². The van der Waals surface area contributed by atoms with Crippen LogP contribution in [-0.4, -0.2) is 65.5 Å². The molecule has 2 aliphatic rings. The van der Waals surface area contributed by atoms with Crippen molar-refractivity contribution in [1.29, 1.82) is 0 Å². The molecular weight excluding hydrogens is 390 g/mol. The van der Waals surface area contributed by atoms with Crippen molar-refractivity contribution >= 4 is 23.8 Å². The Kier molecular flexibility index (Phi) is 6.28. The van der Waals surface area contributed by atoms with Crippen molar-refractivity contribution in [3.05, 3.63) is 29.8 Å². The molecule has 0 bridgehead atoms. The predicted molar refractivity (Wildman–Crippen MR) is 106 cm³/mol. The first-order valence-corrected chi connectivity index (χ1v) is 9.93. The van der Waals surface area contributed by atoms with Crippen LogP contribution in [0, 0.1) is 0 Å². The van der Waals surface area contributed by atoms with Gasteiger partial charge in [-0.05, 0) is 44.4 Å². The molecular formula is C21H27N3O6. The average Bonchev–Trinajstić information content (AvgIpc) is 3.52. The topological polar surface area (TPSA) is 105 Å². The van der Waals surface area contributed by atoms with E-state index in [1.54, 1.807) is 25.9 Å². The molecule has 1 heterocycles. The summed E-state index contributed by atoms with van der Waals surface area (Å²) in [5.41, 5.74) is -0.0213. The Balaban J connectivity index is 1.47. The second-order valence-corrected chi connectivity index (χ2v) is 8.02. The highest BCUT2D eigenvalue weighted by Gasteiger charge is 2.44. The fraction of sp³-hybridized carbons (Fsp3) is 0.524. The van der Waals surface area contributed by atoms with Crippen molar-refractivity contribution in [3.63, 3.8) is 0 Å². The van der Waals surface area contributed by atoms with Gasteiger partial charge >= 0.3 is 12.0 Å². The number of esters is 1. The maximum Gasteiger partial charge on any atom is 0.325 e. The Morgan fingerprint density at radius 1 is 1.20 bits per heavy atom. The van der Waals surface area contributed by atoms with Gasteiger partial charge in [-0.15, -0.1) is 0 Å². The standard InChI is InChI=1S/C21H27N3O6/c1-21(2)19(27)23(20(28)22-21)11-10-18(26)30-13-17(25)24(15-6-7-15)12-14-4-8-16(29-3)9-5-14/h4-5,8-9,15H,6-7,10-13H2,1-3H3,(H,22,28). The van der Waals surface area contributed by atoms with Gasteiger partial charge in [0.05, 0.1) is 13.5 Å². The Hall–Kier alpha value is -3.10. The molecule has 1 aromatic carbocycles. The molecule has 0 unspecified atom stereocenters. The maximum atomic E-state index is 12.6. The average molecular weight is 417 g/mol. The number of nitrogens with one attached hydrogen (secondary N) is 1. The molecule has 9 heteroatoms. The molecule has 1 aromatic rings. The Labute approximate surface area is 175 Å². The van der Waals surface area contributed by atoms with Crippen LogP contribution in [0.3, 0.4) is 0 Å². The number of benzene rings is 1. The second-order valence-electron chi connectivity index (χ2n) is 8.02. The molecule has 9 nitrogen and oxygen atoms in total. The Morgan fingerprint density at radius 2 is 1.87 bits per heavy atom. The molecule has 0 atom stereocenters. The molecule has 1 saturated heterocycles. The van der Waals surface area contributed by atoms with Gasteiger partial charge < -0.3 is 19.7 Å². The molecule has 2 fully saturated rings. The van der Waals surface area contributed by atoms with E-state index in [0.29, 0.717) is 6.54 Å². The highest BCUT2D eigenvalue weighted by atomic mass is 16.5. The first kappa shape index (κ1) is 21.6. The summed E-state index contributed by atoms with van der Waals surface area (Å²) in [6, 6.07) is 7.09. The summed E-state index contributed by atoms with van der Waals surface area (Å²) < 4.78 is 10.2. The molecule has 1 aliphatic heterocycles. The van der Waals surface area contributed by atoms with Crippen molar-refractivity contribution < 1.29 is 28.7 Å². The second kappa shape index (κ2) is 8.73. The molecule has 162 valence electrons. The van der Waals surface area contributed by atoms with Gasteiger partial charge in [0.2, 0.25) is 0 Å². The number of imide groups is 1. The molecule has 0 radical (unpaired) electrons. The minimum Gasteiger partial charge on any atom is -0.497 e. The van der Waals surface area contributed by atoms with Crippen molar-refractivity contribution in [2.24, 2.45) is 0 Å². The summed E-state index contributed by atoms with van der Waals surface area (Å²) in [5.74, 6) is -0.548. The zero-order valence-electron chi connectivity index (χ0n) is 17.5. The van der Waals surface area contributed by atoms with E-state index in [-0.39, 0.29) is 31.5 Å². The smallest absolute Gasteiger partial charge is 0.325 e. The van der Waals surface area contributed by atoms with Crippen LogP contribution in [-0.2, 0) is 25.7 Å². The van der Waals surface area contributed by atoms with Gasteiger partial charge in [0.15, 0.2) is 6.61 Å². The summed E-state index contributed by atoms with van der Waals surface area (Å²) in [7, 11) is 1.59. The monoisotopic (exact) mass is 417 g/mol. The lowest BCUT2D eigenvalue weighted by Gasteiger charge is -2.22. The summed E-state index contributed by atoms with van der Waals surface area (Å²) in [6.45, 7) is 3.18. The van der Waals surface area contributed by atoms with Crippen LogP contribution in [0.1, 0.15) is 38.7 Å². The van der Waals surface area contributed by atoms with Crippen LogP contribution in [0.5, 0.6) is 5.75 Å². The summed E-state index contributed by atoms with van der Waals surface area (Å²) in [4.78, 5) is 51.3. The number of hydrogen-bond donors (Lipinski definition) is 1. The van der Waals surface area contributed by atoms with E-state index in [9.17, 15) is 19.2 Å². The van der Waals surface area contributed by atoms with Crippen LogP contribution >= 0.6 is 0 Å². The Morgan fingerprint density at radius 3 is 2.40 bits per heavy atom. The summed E-state index contributed by atoms with van der Waals surface area (Å²) in [6.07, 6.45) is 1.69. The first-order chi connectivity index (χ1) is 14.2. The molecule has 30 heavy (non-hydrogen) atoms. The summed E-state index contributed by atoms with van der Waals surface area (Å²) in [5, 5.41) is 2.55. The van der Waals surface area contributed by atoms with Gasteiger partial charge in [-0.1, -0.05) is 12.1 Å². The fourth-order valence-electron chi connectivity index (χ4n) is 3.26. The highest BCUT2D eigenvalue weighted by Crippen LogP contribution is 2.29. The first-order valence-electron chi connectivity index (χ1n) is 9.93. The van der Waals surface area contributed by atoms with Crippen molar-refractivity contribution in [2.75, 3.05) is 20.3 Å². The number of rotatable bonds is 9. The lowest BCUT2D eigenvalue weighted by atomic mass is 10.1. The predicted octanol–water partition coefficient (Wildman–Crippen LogP) is 1.45. The van der Waals surface area contributed by atoms with E-state index in [0.717, 1.165) is 29.1 Å². The molecule has 4 amide bonds. The fourth-order valence-corrected chi connectivity index (χ4v) is 3.26. The van der Waals surface area contributed by atoms with Crippen molar-refractivity contribution in [2.45, 2.75) is 51.2 Å². The number of methoxy groups -OCH3 is 1. The van der Waals surface area contributed by atoms with Crippen LogP contribution in [0.4, 0.5) is 4.79 Å². The third kappa shape index (κ3) is 5.08. The molecule has 0 spiro atoms. The molecule has 1 N–H and O–H groups in total. The molecule has 1 saturated carbocycles. The Bertz CT molecular complexity index is 832. The van der Waals surface area contributed by atoms with E-state index < -0.39 is 23.4 Å². The third-order valence-electron chi connectivity index (χ3n) is 5.16. The van der Waals surface area contributed by atoms with E-state index in [4.69, 9.17) is 9.47 Å². The number of urea groups is 1. The number of carbonyl (C=O) groups is 4. The normalized spacial score (nSPS) is 17.5. The van der Waals surface area contributed by atoms with Crippen LogP contribution in [0.25, 0.3) is 0 Å². The highest BCUT2D eigenvalue weighted by molar-refractivity contribution is 6.06. The molecule has 3 rings (SSSR count). The zero-order valence-corrected chi connectivity index (χ0v) is 17.5. The largest absolute Gasteiger partial charge is 0.497 e. The third-order valence-corrected chi connectivity index (χ3v) is 5.16. The maximum absolute atomic E-state index is 12.6. The van der Waals surface area contributed by atoms with Gasteiger partial charge in [0.1, 0.15) is 11.3 Å². The van der Waals surface area contributed by atoms with E-state index >= 15 is 0 Å². The lowest BCUT2D eigenvalue weighted by molar-refractivity contribution is -0.152. The SMILES string of the molecule is COc1ccc(CN(C(=O)COC(=O)CCN2C(=O)NC(C)(C)C2=O)C2CC2)cc1. The van der Waals surface area contributed by atoms with E-state index in [1.807, 2.05) is 24.3 Å². The minimum atomic E-state index is -0.983. The van der Waals surface area contributed by atoms with Crippen LogP contribution in [0.15, 0.2) is 24.3 Å². The van der Waals surface area contributed by atoms with Crippen molar-refractivity contribution in [1.82, 2.24) is 15.1 Å². The van der Waals surface area contributed by atoms with E-state index in [2.05, 4.69) is 5.32 Å². The van der Waals surface area contributed by atoms with E-state index in [1.165, 1.54) is 0 Å². The van der Waals surface area contributed by atoms with Crippen molar-refractivity contribution in [3.8, 4) is 5.75 Å². The number of hydrogen-bond acceptors (Lipinski definition) is 6. The van der Waals surface area contributed by atoms with Gasteiger partial charge in [-0.25, -0.2) is 4.79 Å². The number of amides is 4. The molecule has 1 aliphatic carbocycles. The van der Waals surface area contributed by atoms with Crippen LogP contribution in [0.2, 0.25) is 0 Å². The quantitative estimate of drug-likeness (QED) is 0.482. The number of nitrogens with zero attached hydrogens (tertiary/aromatic N) is 2. The van der Waals surface area contributed by atoms with Crippen LogP contribution < -0.4 is 10.1 Å².